The summed E-state index contributed by atoms with van der Waals surface area (Å²) in [4.78, 5) is 47.1. The van der Waals surface area contributed by atoms with E-state index in [1.54, 1.807) is 80.9 Å². The Labute approximate surface area is 285 Å². The lowest BCUT2D eigenvalue weighted by Gasteiger charge is -2.27. The summed E-state index contributed by atoms with van der Waals surface area (Å²) in [6, 6.07) is 10.6. The number of carbonyl (C=O) groups is 3. The summed E-state index contributed by atoms with van der Waals surface area (Å²) in [7, 11) is -3.13. The highest BCUT2D eigenvalue weighted by molar-refractivity contribution is 7.52. The van der Waals surface area contributed by atoms with Crippen LogP contribution in [-0.4, -0.2) is 76.8 Å². The van der Waals surface area contributed by atoms with Gasteiger partial charge in [-0.3, -0.25) is 18.9 Å². The number of carbonyl (C=O) groups excluding carboxylic acids is 3. The summed E-state index contributed by atoms with van der Waals surface area (Å²) in [5.41, 5.74) is 1.01. The lowest BCUT2D eigenvalue weighted by atomic mass is 10.0. The first-order chi connectivity index (χ1) is 23.2. The number of fused-ring (bicyclic) bond motifs is 1. The minimum absolute atomic E-state index is 0.173. The number of methoxy groups -OCH3 is 1. The Bertz CT molecular complexity index is 1680. The first kappa shape index (κ1) is 37.6. The summed E-state index contributed by atoms with van der Waals surface area (Å²) in [5, 5.41) is 7.00. The molecule has 6 atom stereocenters. The van der Waals surface area contributed by atoms with Gasteiger partial charge < -0.3 is 23.5 Å². The van der Waals surface area contributed by atoms with Gasteiger partial charge >= 0.3 is 25.7 Å². The molecular weight excluding hydrogens is 657 g/mol. The van der Waals surface area contributed by atoms with Gasteiger partial charge in [0.2, 0.25) is 0 Å². The van der Waals surface area contributed by atoms with Crippen molar-refractivity contribution in [3.63, 3.8) is 0 Å². The molecule has 3 aromatic rings. The Morgan fingerprint density at radius 3 is 2.22 bits per heavy atom. The molecule has 1 aliphatic rings. The number of aromatic nitrogens is 3. The second-order valence-corrected chi connectivity index (χ2v) is 14.1. The van der Waals surface area contributed by atoms with Crippen LogP contribution in [0.4, 0.5) is 5.82 Å². The molecule has 0 saturated carbocycles. The third-order valence-corrected chi connectivity index (χ3v) is 8.93. The van der Waals surface area contributed by atoms with E-state index in [0.29, 0.717) is 17.0 Å². The summed E-state index contributed by atoms with van der Waals surface area (Å²) in [5.74, 6) is -2.13. The second kappa shape index (κ2) is 16.5. The highest BCUT2D eigenvalue weighted by Gasteiger charge is 2.52. The van der Waals surface area contributed by atoms with Gasteiger partial charge in [0.05, 0.1) is 31.2 Å². The lowest BCUT2D eigenvalue weighted by Crippen LogP contribution is -2.42. The van der Waals surface area contributed by atoms with Crippen molar-refractivity contribution >= 4 is 43.2 Å². The van der Waals surface area contributed by atoms with Crippen LogP contribution in [0, 0.1) is 17.8 Å². The number of hydrogen-bond donors (Lipinski definition) is 1. The van der Waals surface area contributed by atoms with Crippen LogP contribution in [0.1, 0.15) is 60.3 Å². The van der Waals surface area contributed by atoms with Gasteiger partial charge in [0.15, 0.2) is 18.0 Å². The smallest absolute Gasteiger partial charge is 0.459 e. The van der Waals surface area contributed by atoms with E-state index in [2.05, 4.69) is 20.2 Å². The van der Waals surface area contributed by atoms with Crippen molar-refractivity contribution in [2.24, 2.45) is 22.7 Å². The third-order valence-electron chi connectivity index (χ3n) is 7.29. The Kier molecular flexibility index (Phi) is 12.7. The minimum atomic E-state index is -4.32. The molecule has 0 amide bonds. The Morgan fingerprint density at radius 1 is 0.959 bits per heavy atom. The molecule has 2 aromatic heterocycles. The van der Waals surface area contributed by atoms with Gasteiger partial charge in [0, 0.05) is 6.21 Å². The zero-order valence-electron chi connectivity index (χ0n) is 28.8. The van der Waals surface area contributed by atoms with Crippen LogP contribution in [-0.2, 0) is 42.4 Å². The van der Waals surface area contributed by atoms with Crippen LogP contribution in [0.3, 0.4) is 0 Å². The highest BCUT2D eigenvalue weighted by atomic mass is 31.2. The van der Waals surface area contributed by atoms with Crippen molar-refractivity contribution in [2.75, 3.05) is 13.7 Å². The predicted octanol–water partition coefficient (Wildman–Crippen LogP) is 5.02. The maximum absolute atomic E-state index is 14.1. The van der Waals surface area contributed by atoms with Crippen molar-refractivity contribution in [2.45, 2.75) is 78.9 Å². The molecule has 0 unspecified atom stereocenters. The normalized spacial score (nSPS) is 21.3. The molecule has 16 heteroatoms. The molecule has 1 saturated heterocycles. The average molecular weight is 702 g/mol. The zero-order valence-corrected chi connectivity index (χ0v) is 29.7. The lowest BCUT2D eigenvalue weighted by molar-refractivity contribution is -0.171. The van der Waals surface area contributed by atoms with Crippen LogP contribution in [0.5, 0.6) is 5.75 Å². The van der Waals surface area contributed by atoms with E-state index >= 15 is 0 Å². The molecule has 1 aromatic carbocycles. The number of rotatable bonds is 15. The standard InChI is InChI=1S/C33H44N5O10P/c1-19(2)16-34-30-25-15-14-24(38(25)36-18-35-30)27-29(47-32(40)21(5)6)28(46-31(39)20(3)4)26(45-27)17-44-49(42,37-22(7)33(41)43-8)48-23-12-10-9-11-13-23/h9-16,18-22,26-29H,17H2,1-8H3,(H,37,42)/t22-,26+,27-,28+,29-,49-/m0/s1. The molecule has 266 valence electrons. The van der Waals surface area contributed by atoms with Gasteiger partial charge in [-0.15, -0.1) is 0 Å². The summed E-state index contributed by atoms with van der Waals surface area (Å²) in [6.07, 6.45) is -1.44. The SMILES string of the molecule is COC(=O)[C@H](C)N[P@](=O)(OC[C@H]1O[C@@H](c2ccc3c(N=CC(C)C)ncnn23)[C@H](OC(=O)C(C)C)[C@@H]1OC(=O)C(C)C)Oc1ccccc1. The molecule has 0 radical (unpaired) electrons. The molecule has 3 heterocycles. The van der Waals surface area contributed by atoms with E-state index in [1.807, 2.05) is 13.8 Å². The minimum Gasteiger partial charge on any atom is -0.468 e. The van der Waals surface area contributed by atoms with Crippen LogP contribution in [0.25, 0.3) is 5.52 Å². The van der Waals surface area contributed by atoms with Crippen LogP contribution in [0.15, 0.2) is 53.8 Å². The van der Waals surface area contributed by atoms with Crippen molar-refractivity contribution in [1.29, 1.82) is 0 Å². The molecule has 0 spiro atoms. The Morgan fingerprint density at radius 2 is 1.61 bits per heavy atom. The zero-order chi connectivity index (χ0) is 35.9. The van der Waals surface area contributed by atoms with Crippen LogP contribution < -0.4 is 9.61 Å². The van der Waals surface area contributed by atoms with Gasteiger partial charge in [-0.1, -0.05) is 59.7 Å². The molecule has 1 N–H and O–H groups in total. The molecule has 49 heavy (non-hydrogen) atoms. The number of aliphatic imine (C=N–C) groups is 1. The number of ether oxygens (including phenoxy) is 4. The number of nitrogens with one attached hydrogen (secondary N) is 1. The number of esters is 3. The van der Waals surface area contributed by atoms with Crippen molar-refractivity contribution in [3.8, 4) is 5.75 Å². The molecule has 1 fully saturated rings. The van der Waals surface area contributed by atoms with E-state index in [-0.39, 0.29) is 11.7 Å². The first-order valence-electron chi connectivity index (χ1n) is 16.0. The second-order valence-electron chi connectivity index (χ2n) is 12.4. The number of para-hydroxylation sites is 1. The number of hydrogen-bond acceptors (Lipinski definition) is 13. The van der Waals surface area contributed by atoms with Crippen molar-refractivity contribution < 1.29 is 46.9 Å². The summed E-state index contributed by atoms with van der Waals surface area (Å²) in [6.45, 7) is 11.6. The topological polar surface area (TPSA) is 178 Å². The summed E-state index contributed by atoms with van der Waals surface area (Å²) < 4.78 is 50.5. The Hall–Kier alpha value is -4.17. The highest BCUT2D eigenvalue weighted by Crippen LogP contribution is 2.47. The number of nitrogens with zero attached hydrogens (tertiary/aromatic N) is 4. The fourth-order valence-corrected chi connectivity index (χ4v) is 6.24. The van der Waals surface area contributed by atoms with E-state index in [4.69, 9.17) is 28.0 Å². The van der Waals surface area contributed by atoms with Gasteiger partial charge in [0.1, 0.15) is 35.8 Å². The van der Waals surface area contributed by atoms with Gasteiger partial charge in [-0.25, -0.2) is 19.1 Å². The van der Waals surface area contributed by atoms with E-state index in [9.17, 15) is 18.9 Å². The number of benzene rings is 1. The molecular formula is C33H44N5O10P. The van der Waals surface area contributed by atoms with Gasteiger partial charge in [0.25, 0.3) is 0 Å². The maximum atomic E-state index is 14.1. The fraction of sp³-hybridized carbons (Fsp3) is 0.515. The maximum Gasteiger partial charge on any atom is 0.459 e. The molecule has 0 bridgehead atoms. The van der Waals surface area contributed by atoms with Crippen LogP contribution >= 0.6 is 7.75 Å². The van der Waals surface area contributed by atoms with Gasteiger partial charge in [-0.2, -0.15) is 10.2 Å². The van der Waals surface area contributed by atoms with Crippen LogP contribution in [0.2, 0.25) is 0 Å². The quantitative estimate of drug-likeness (QED) is 0.0968. The summed E-state index contributed by atoms with van der Waals surface area (Å²) >= 11 is 0. The van der Waals surface area contributed by atoms with E-state index in [0.717, 1.165) is 0 Å². The molecule has 1 aliphatic heterocycles. The van der Waals surface area contributed by atoms with Crippen molar-refractivity contribution in [3.05, 3.63) is 54.5 Å². The van der Waals surface area contributed by atoms with Crippen molar-refractivity contribution in [1.82, 2.24) is 19.7 Å². The van der Waals surface area contributed by atoms with E-state index in [1.165, 1.54) is 20.4 Å². The molecule has 0 aliphatic carbocycles. The molecule has 15 nitrogen and oxygen atoms in total. The monoisotopic (exact) mass is 701 g/mol. The predicted molar refractivity (Wildman–Crippen MR) is 178 cm³/mol. The average Bonchev–Trinajstić information content (AvgIpc) is 3.63. The van der Waals surface area contributed by atoms with E-state index < -0.39 is 74.6 Å². The molecule has 4 rings (SSSR count). The first-order valence-corrected chi connectivity index (χ1v) is 17.5. The Balaban J connectivity index is 1.75. The fourth-order valence-electron chi connectivity index (χ4n) is 4.74. The third kappa shape index (κ3) is 9.50. The largest absolute Gasteiger partial charge is 0.468 e. The van der Waals surface area contributed by atoms with Gasteiger partial charge in [-0.05, 0) is 37.1 Å².